The third-order valence-corrected chi connectivity index (χ3v) is 5.91. The number of nitrogens with one attached hydrogen (secondary N) is 2. The van der Waals surface area contributed by atoms with Gasteiger partial charge in [-0.15, -0.1) is 0 Å². The van der Waals surface area contributed by atoms with Crippen LogP contribution in [0.3, 0.4) is 0 Å². The van der Waals surface area contributed by atoms with Crippen LogP contribution >= 0.6 is 0 Å². The van der Waals surface area contributed by atoms with Crippen LogP contribution in [0.25, 0.3) is 5.65 Å². The molecule has 0 radical (unpaired) electrons. The summed E-state index contributed by atoms with van der Waals surface area (Å²) >= 11 is 0. The molecule has 1 aliphatic heterocycles. The largest absolute Gasteiger partial charge is 0.444 e. The fraction of sp³-hybridized carbons (Fsp3) is 0.520. The summed E-state index contributed by atoms with van der Waals surface area (Å²) in [4.78, 5) is 24.0. The van der Waals surface area contributed by atoms with Gasteiger partial charge in [-0.1, -0.05) is 26.0 Å². The molecule has 4 N–H and O–H groups in total. The molecule has 35 heavy (non-hydrogen) atoms. The molecular formula is C25H36N8O2. The van der Waals surface area contributed by atoms with Crippen LogP contribution in [0.15, 0.2) is 30.5 Å². The number of nitrogens with two attached hydrogens (primary N) is 1. The Bertz CT molecular complexity index is 1180. The molecule has 1 aromatic carbocycles. The van der Waals surface area contributed by atoms with E-state index < -0.39 is 5.60 Å². The number of hydrogen-bond donors (Lipinski definition) is 3. The molecule has 0 saturated carbocycles. The molecule has 3 heterocycles. The Morgan fingerprint density at radius 3 is 2.63 bits per heavy atom. The van der Waals surface area contributed by atoms with Crippen molar-refractivity contribution in [2.24, 2.45) is 0 Å². The number of hydrogen-bond acceptors (Lipinski definition) is 8. The van der Waals surface area contributed by atoms with Crippen molar-refractivity contribution in [2.75, 3.05) is 29.0 Å². The van der Waals surface area contributed by atoms with E-state index in [0.717, 1.165) is 48.4 Å². The van der Waals surface area contributed by atoms with Crippen molar-refractivity contribution in [1.82, 2.24) is 24.9 Å². The summed E-state index contributed by atoms with van der Waals surface area (Å²) in [6, 6.07) is 7.83. The first kappa shape index (κ1) is 24.6. The van der Waals surface area contributed by atoms with Crippen molar-refractivity contribution in [3.63, 3.8) is 0 Å². The van der Waals surface area contributed by atoms with Crippen LogP contribution in [0.4, 0.5) is 22.4 Å². The van der Waals surface area contributed by atoms with E-state index in [0.29, 0.717) is 18.4 Å². The van der Waals surface area contributed by atoms with Gasteiger partial charge >= 0.3 is 6.09 Å². The van der Waals surface area contributed by atoms with Crippen LogP contribution in [0, 0.1) is 0 Å². The maximum atomic E-state index is 12.2. The van der Waals surface area contributed by atoms with E-state index in [2.05, 4.69) is 34.5 Å². The third-order valence-electron chi connectivity index (χ3n) is 5.91. The second-order valence-corrected chi connectivity index (χ2v) is 10.3. The van der Waals surface area contributed by atoms with Crippen molar-refractivity contribution in [2.45, 2.75) is 71.6 Å². The zero-order valence-electron chi connectivity index (χ0n) is 21.2. The van der Waals surface area contributed by atoms with Gasteiger partial charge in [0, 0.05) is 36.9 Å². The average molecular weight is 481 g/mol. The first-order chi connectivity index (χ1) is 16.6. The SMILES string of the molecule is CC(C)c1cnn2c(NCc3cccc(N)c3)nc(N3CCC(NC(=O)OC(C)(C)C)CC3)nc12. The van der Waals surface area contributed by atoms with Crippen LogP contribution in [0.5, 0.6) is 0 Å². The maximum absolute atomic E-state index is 12.2. The number of alkyl carbamates (subject to hydrolysis) is 1. The van der Waals surface area contributed by atoms with E-state index in [9.17, 15) is 4.79 Å². The number of piperidine rings is 1. The standard InChI is InChI=1S/C25H36N8O2/c1-16(2)20-15-28-33-21(20)30-23(31-22(33)27-14-17-7-6-8-18(26)13-17)32-11-9-19(10-12-32)29-24(34)35-25(3,4)5/h6-8,13,15-16,19H,9-12,14,26H2,1-5H3,(H,29,34)(H,27,30,31). The van der Waals surface area contributed by atoms with Crippen molar-refractivity contribution in [1.29, 1.82) is 0 Å². The van der Waals surface area contributed by atoms with E-state index >= 15 is 0 Å². The lowest BCUT2D eigenvalue weighted by Crippen LogP contribution is -2.46. The number of carbonyl (C=O) groups excluding carboxylic acids is 1. The van der Waals surface area contributed by atoms with Gasteiger partial charge in [0.05, 0.1) is 6.20 Å². The normalized spacial score (nSPS) is 15.0. The monoisotopic (exact) mass is 480 g/mol. The highest BCUT2D eigenvalue weighted by atomic mass is 16.6. The number of amides is 1. The van der Waals surface area contributed by atoms with E-state index in [1.54, 1.807) is 4.52 Å². The van der Waals surface area contributed by atoms with E-state index in [4.69, 9.17) is 20.4 Å². The number of carbonyl (C=O) groups is 1. The van der Waals surface area contributed by atoms with Crippen LogP contribution < -0.4 is 21.3 Å². The molecule has 1 amide bonds. The lowest BCUT2D eigenvalue weighted by Gasteiger charge is -2.33. The van der Waals surface area contributed by atoms with Gasteiger partial charge in [0.15, 0.2) is 5.65 Å². The van der Waals surface area contributed by atoms with Crippen LogP contribution in [-0.2, 0) is 11.3 Å². The minimum absolute atomic E-state index is 0.0622. The lowest BCUT2D eigenvalue weighted by atomic mass is 10.1. The number of nitrogen functional groups attached to an aromatic ring is 1. The van der Waals surface area contributed by atoms with Gasteiger partial charge in [-0.3, -0.25) is 0 Å². The molecule has 0 spiro atoms. The van der Waals surface area contributed by atoms with E-state index in [1.807, 2.05) is 51.2 Å². The summed E-state index contributed by atoms with van der Waals surface area (Å²) in [7, 11) is 0. The molecule has 2 aromatic heterocycles. The van der Waals surface area contributed by atoms with E-state index in [1.165, 1.54) is 0 Å². The molecular weight excluding hydrogens is 444 g/mol. The second-order valence-electron chi connectivity index (χ2n) is 10.3. The van der Waals surface area contributed by atoms with E-state index in [-0.39, 0.29) is 18.1 Å². The van der Waals surface area contributed by atoms with Gasteiger partial charge < -0.3 is 26.0 Å². The fourth-order valence-corrected chi connectivity index (χ4v) is 4.13. The summed E-state index contributed by atoms with van der Waals surface area (Å²) in [5.74, 6) is 1.57. The first-order valence-electron chi connectivity index (χ1n) is 12.2. The number of ether oxygens (including phenoxy) is 1. The average Bonchev–Trinajstić information content (AvgIpc) is 3.21. The number of aromatic nitrogens is 4. The molecule has 10 heteroatoms. The molecule has 0 unspecified atom stereocenters. The number of nitrogens with zero attached hydrogens (tertiary/aromatic N) is 5. The van der Waals surface area contributed by atoms with Crippen LogP contribution in [-0.4, -0.2) is 50.4 Å². The van der Waals surface area contributed by atoms with Crippen molar-refractivity contribution in [3.8, 4) is 0 Å². The summed E-state index contributed by atoms with van der Waals surface area (Å²) in [6.07, 6.45) is 3.07. The highest BCUT2D eigenvalue weighted by Gasteiger charge is 2.26. The zero-order chi connectivity index (χ0) is 25.2. The molecule has 0 bridgehead atoms. The molecule has 4 rings (SSSR count). The van der Waals surface area contributed by atoms with Gasteiger partial charge in [0.25, 0.3) is 0 Å². The highest BCUT2D eigenvalue weighted by Crippen LogP contribution is 2.25. The minimum atomic E-state index is -0.512. The van der Waals surface area contributed by atoms with Crippen molar-refractivity contribution < 1.29 is 9.53 Å². The molecule has 1 aliphatic rings. The van der Waals surface area contributed by atoms with Gasteiger partial charge in [-0.05, 0) is 57.2 Å². The lowest BCUT2D eigenvalue weighted by molar-refractivity contribution is 0.0497. The highest BCUT2D eigenvalue weighted by molar-refractivity contribution is 5.68. The van der Waals surface area contributed by atoms with Crippen molar-refractivity contribution in [3.05, 3.63) is 41.6 Å². The van der Waals surface area contributed by atoms with Gasteiger partial charge in [-0.25, -0.2) is 4.79 Å². The molecule has 1 saturated heterocycles. The molecule has 0 aliphatic carbocycles. The molecule has 0 atom stereocenters. The van der Waals surface area contributed by atoms with Gasteiger partial charge in [0.1, 0.15) is 5.60 Å². The number of rotatable bonds is 6. The predicted molar refractivity (Wildman–Crippen MR) is 138 cm³/mol. The van der Waals surface area contributed by atoms with Gasteiger partial charge in [0.2, 0.25) is 11.9 Å². The summed E-state index contributed by atoms with van der Waals surface area (Å²) < 4.78 is 7.16. The minimum Gasteiger partial charge on any atom is -0.444 e. The third kappa shape index (κ3) is 6.12. The Balaban J connectivity index is 1.51. The zero-order valence-corrected chi connectivity index (χ0v) is 21.2. The molecule has 3 aromatic rings. The number of benzene rings is 1. The van der Waals surface area contributed by atoms with Crippen molar-refractivity contribution >= 4 is 29.3 Å². The maximum Gasteiger partial charge on any atom is 0.407 e. The Kier molecular flexibility index (Phi) is 7.00. The molecule has 10 nitrogen and oxygen atoms in total. The second kappa shape index (κ2) is 9.97. The predicted octanol–water partition coefficient (Wildman–Crippen LogP) is 3.94. The Morgan fingerprint density at radius 2 is 1.97 bits per heavy atom. The first-order valence-corrected chi connectivity index (χ1v) is 12.2. The van der Waals surface area contributed by atoms with Gasteiger partial charge in [-0.2, -0.15) is 19.6 Å². The summed E-state index contributed by atoms with van der Waals surface area (Å²) in [5, 5.41) is 11.0. The quantitative estimate of drug-likeness (QED) is 0.454. The smallest absolute Gasteiger partial charge is 0.407 e. The van der Waals surface area contributed by atoms with Crippen LogP contribution in [0.1, 0.15) is 64.5 Å². The molecule has 1 fully saturated rings. The topological polar surface area (TPSA) is 123 Å². The fourth-order valence-electron chi connectivity index (χ4n) is 4.13. The summed E-state index contributed by atoms with van der Waals surface area (Å²) in [5.41, 5.74) is 9.08. The Labute approximate surface area is 206 Å². The Hall–Kier alpha value is -3.56. The number of fused-ring (bicyclic) bond motifs is 1. The molecule has 188 valence electrons. The Morgan fingerprint density at radius 1 is 1.23 bits per heavy atom. The van der Waals surface area contributed by atoms with Crippen LogP contribution in [0.2, 0.25) is 0 Å². The summed E-state index contributed by atoms with van der Waals surface area (Å²) in [6.45, 7) is 11.9. The number of anilines is 3.